The van der Waals surface area contributed by atoms with Gasteiger partial charge in [0, 0.05) is 30.7 Å². The van der Waals surface area contributed by atoms with Gasteiger partial charge in [0.1, 0.15) is 0 Å². The standard InChI is InChI=1S/C11H15N5/c1-2-16-8-10(7-14-16)11(15-12)9-3-5-13-6-4-9/h3-8,11,15H,2,12H2,1H3. The average Bonchev–Trinajstić information content (AvgIpc) is 2.80. The van der Waals surface area contributed by atoms with Crippen LogP contribution in [0.2, 0.25) is 0 Å². The Balaban J connectivity index is 2.29. The highest BCUT2D eigenvalue weighted by molar-refractivity contribution is 5.26. The minimum Gasteiger partial charge on any atom is -0.273 e. The van der Waals surface area contributed by atoms with Crippen LogP contribution < -0.4 is 11.3 Å². The van der Waals surface area contributed by atoms with Gasteiger partial charge in [-0.1, -0.05) is 0 Å². The summed E-state index contributed by atoms with van der Waals surface area (Å²) in [5, 5.41) is 4.23. The fraction of sp³-hybridized carbons (Fsp3) is 0.273. The van der Waals surface area contributed by atoms with Crippen LogP contribution in [-0.2, 0) is 6.54 Å². The lowest BCUT2D eigenvalue weighted by atomic mass is 10.0. The van der Waals surface area contributed by atoms with E-state index in [1.54, 1.807) is 12.4 Å². The van der Waals surface area contributed by atoms with Gasteiger partial charge in [0.2, 0.25) is 0 Å². The van der Waals surface area contributed by atoms with Gasteiger partial charge in [-0.3, -0.25) is 15.5 Å². The molecule has 1 atom stereocenters. The summed E-state index contributed by atoms with van der Waals surface area (Å²) in [6.45, 7) is 2.90. The second kappa shape index (κ2) is 4.87. The van der Waals surface area contributed by atoms with E-state index in [0.29, 0.717) is 0 Å². The maximum absolute atomic E-state index is 5.58. The smallest absolute Gasteiger partial charge is 0.0741 e. The van der Waals surface area contributed by atoms with Crippen LogP contribution in [0.15, 0.2) is 36.9 Å². The van der Waals surface area contributed by atoms with Crippen molar-refractivity contribution in [2.45, 2.75) is 19.5 Å². The summed E-state index contributed by atoms with van der Waals surface area (Å²) < 4.78 is 1.88. The number of pyridine rings is 1. The molecule has 0 bridgehead atoms. The average molecular weight is 217 g/mol. The molecule has 84 valence electrons. The van der Waals surface area contributed by atoms with Crippen molar-refractivity contribution in [2.24, 2.45) is 5.84 Å². The molecular weight excluding hydrogens is 202 g/mol. The Kier molecular flexibility index (Phi) is 3.28. The van der Waals surface area contributed by atoms with Gasteiger partial charge in [0.15, 0.2) is 0 Å². The van der Waals surface area contributed by atoms with Crippen LogP contribution in [-0.4, -0.2) is 14.8 Å². The van der Waals surface area contributed by atoms with Crippen molar-refractivity contribution in [2.75, 3.05) is 0 Å². The molecule has 0 aromatic carbocycles. The Labute approximate surface area is 94.3 Å². The van der Waals surface area contributed by atoms with Gasteiger partial charge in [-0.25, -0.2) is 5.43 Å². The van der Waals surface area contributed by atoms with E-state index in [4.69, 9.17) is 5.84 Å². The minimum atomic E-state index is -0.0386. The monoisotopic (exact) mass is 217 g/mol. The molecular formula is C11H15N5. The first-order valence-corrected chi connectivity index (χ1v) is 5.23. The van der Waals surface area contributed by atoms with E-state index >= 15 is 0 Å². The summed E-state index contributed by atoms with van der Waals surface area (Å²) >= 11 is 0. The Morgan fingerprint density at radius 2 is 2.12 bits per heavy atom. The molecule has 0 fully saturated rings. The lowest BCUT2D eigenvalue weighted by Gasteiger charge is -2.13. The molecule has 2 heterocycles. The van der Waals surface area contributed by atoms with Crippen molar-refractivity contribution in [3.05, 3.63) is 48.0 Å². The first kappa shape index (κ1) is 10.8. The number of nitrogens with zero attached hydrogens (tertiary/aromatic N) is 3. The van der Waals surface area contributed by atoms with E-state index < -0.39 is 0 Å². The molecule has 0 spiro atoms. The predicted octanol–water partition coefficient (Wildman–Crippen LogP) is 0.851. The summed E-state index contributed by atoms with van der Waals surface area (Å²) in [6, 6.07) is 3.84. The molecule has 0 aliphatic heterocycles. The van der Waals surface area contributed by atoms with Crippen molar-refractivity contribution < 1.29 is 0 Å². The highest BCUT2D eigenvalue weighted by Gasteiger charge is 2.13. The van der Waals surface area contributed by atoms with Crippen molar-refractivity contribution in [3.63, 3.8) is 0 Å². The summed E-state index contributed by atoms with van der Waals surface area (Å²) in [5.41, 5.74) is 4.92. The topological polar surface area (TPSA) is 68.8 Å². The van der Waals surface area contributed by atoms with Crippen LogP contribution in [0.3, 0.4) is 0 Å². The number of nitrogens with one attached hydrogen (secondary N) is 1. The molecule has 5 heteroatoms. The fourth-order valence-electron chi connectivity index (χ4n) is 1.64. The van der Waals surface area contributed by atoms with Gasteiger partial charge >= 0.3 is 0 Å². The van der Waals surface area contributed by atoms with E-state index in [9.17, 15) is 0 Å². The normalized spacial score (nSPS) is 12.6. The van der Waals surface area contributed by atoms with Gasteiger partial charge in [0.05, 0.1) is 12.2 Å². The molecule has 2 aromatic rings. The van der Waals surface area contributed by atoms with Gasteiger partial charge in [-0.05, 0) is 24.6 Å². The Morgan fingerprint density at radius 3 is 2.69 bits per heavy atom. The molecule has 2 rings (SSSR count). The molecule has 1 unspecified atom stereocenters. The first-order chi connectivity index (χ1) is 7.85. The molecule has 16 heavy (non-hydrogen) atoms. The summed E-state index contributed by atoms with van der Waals surface area (Å²) in [5.74, 6) is 5.58. The molecule has 3 N–H and O–H groups in total. The summed E-state index contributed by atoms with van der Waals surface area (Å²) in [6.07, 6.45) is 7.33. The third kappa shape index (κ3) is 2.10. The molecule has 0 radical (unpaired) electrons. The second-order valence-corrected chi connectivity index (χ2v) is 3.51. The van der Waals surface area contributed by atoms with Crippen LogP contribution >= 0.6 is 0 Å². The van der Waals surface area contributed by atoms with Gasteiger partial charge in [-0.15, -0.1) is 0 Å². The quantitative estimate of drug-likeness (QED) is 0.588. The number of aromatic nitrogens is 3. The third-order valence-electron chi connectivity index (χ3n) is 2.52. The van der Waals surface area contributed by atoms with Crippen LogP contribution in [0.4, 0.5) is 0 Å². The number of hydrazine groups is 1. The van der Waals surface area contributed by atoms with Crippen molar-refractivity contribution in [1.82, 2.24) is 20.2 Å². The predicted molar refractivity (Wildman–Crippen MR) is 61.3 cm³/mol. The second-order valence-electron chi connectivity index (χ2n) is 3.51. The van der Waals surface area contributed by atoms with Crippen molar-refractivity contribution >= 4 is 0 Å². The molecule has 0 aliphatic carbocycles. The number of rotatable bonds is 4. The zero-order chi connectivity index (χ0) is 11.4. The van der Waals surface area contributed by atoms with Crippen LogP contribution in [0.5, 0.6) is 0 Å². The molecule has 0 amide bonds. The van der Waals surface area contributed by atoms with Crippen LogP contribution in [0.25, 0.3) is 0 Å². The molecule has 0 aliphatic rings. The maximum atomic E-state index is 5.58. The zero-order valence-electron chi connectivity index (χ0n) is 9.17. The van der Waals surface area contributed by atoms with E-state index in [-0.39, 0.29) is 6.04 Å². The zero-order valence-corrected chi connectivity index (χ0v) is 9.17. The molecule has 2 aromatic heterocycles. The lowest BCUT2D eigenvalue weighted by molar-refractivity contribution is 0.629. The van der Waals surface area contributed by atoms with Crippen molar-refractivity contribution in [1.29, 1.82) is 0 Å². The number of hydrogen-bond acceptors (Lipinski definition) is 4. The lowest BCUT2D eigenvalue weighted by Crippen LogP contribution is -2.28. The Hall–Kier alpha value is -1.72. The van der Waals surface area contributed by atoms with Crippen molar-refractivity contribution in [3.8, 4) is 0 Å². The largest absolute Gasteiger partial charge is 0.273 e. The summed E-state index contributed by atoms with van der Waals surface area (Å²) in [7, 11) is 0. The highest BCUT2D eigenvalue weighted by atomic mass is 15.3. The van der Waals surface area contributed by atoms with Gasteiger partial charge in [0.25, 0.3) is 0 Å². The highest BCUT2D eigenvalue weighted by Crippen LogP contribution is 2.19. The van der Waals surface area contributed by atoms with E-state index in [0.717, 1.165) is 17.7 Å². The van der Waals surface area contributed by atoms with Crippen LogP contribution in [0.1, 0.15) is 24.1 Å². The van der Waals surface area contributed by atoms with E-state index in [2.05, 4.69) is 15.5 Å². The first-order valence-electron chi connectivity index (χ1n) is 5.23. The number of nitrogens with two attached hydrogens (primary N) is 1. The van der Waals surface area contributed by atoms with Crippen LogP contribution in [0, 0.1) is 0 Å². The SMILES string of the molecule is CCn1cc(C(NN)c2ccncc2)cn1. The molecule has 0 saturated carbocycles. The maximum Gasteiger partial charge on any atom is 0.0741 e. The Bertz CT molecular complexity index is 437. The minimum absolute atomic E-state index is 0.0386. The van der Waals surface area contributed by atoms with E-state index in [1.165, 1.54) is 0 Å². The molecule has 5 nitrogen and oxygen atoms in total. The third-order valence-corrected chi connectivity index (χ3v) is 2.52. The van der Waals surface area contributed by atoms with E-state index in [1.807, 2.05) is 36.1 Å². The Morgan fingerprint density at radius 1 is 1.38 bits per heavy atom. The summed E-state index contributed by atoms with van der Waals surface area (Å²) in [4.78, 5) is 3.99. The number of hydrogen-bond donors (Lipinski definition) is 2. The number of aryl methyl sites for hydroxylation is 1. The fourth-order valence-corrected chi connectivity index (χ4v) is 1.64. The van der Waals surface area contributed by atoms with Gasteiger partial charge in [-0.2, -0.15) is 5.10 Å². The van der Waals surface area contributed by atoms with Gasteiger partial charge < -0.3 is 0 Å². The molecule has 0 saturated heterocycles.